The van der Waals surface area contributed by atoms with Crippen LogP contribution in [-0.2, 0) is 6.42 Å². The highest BCUT2D eigenvalue weighted by Crippen LogP contribution is 2.45. The first-order valence-corrected chi connectivity index (χ1v) is 8.91. The molecule has 21 heavy (non-hydrogen) atoms. The third kappa shape index (κ3) is 4.07. The van der Waals surface area contributed by atoms with E-state index in [1.165, 1.54) is 25.3 Å². The number of rotatable bonds is 6. The van der Waals surface area contributed by atoms with Crippen molar-refractivity contribution in [3.63, 3.8) is 0 Å². The maximum atomic E-state index is 13.7. The van der Waals surface area contributed by atoms with E-state index in [1.807, 2.05) is 12.1 Å². The van der Waals surface area contributed by atoms with Gasteiger partial charge in [0.15, 0.2) is 0 Å². The molecule has 0 heterocycles. The molecule has 2 rings (SSSR count). The summed E-state index contributed by atoms with van der Waals surface area (Å²) in [6.45, 7) is 7.99. The predicted octanol–water partition coefficient (Wildman–Crippen LogP) is 5.33. The minimum absolute atomic E-state index is 0.160. The molecular weight excluding hydrogens is 329 g/mol. The van der Waals surface area contributed by atoms with Crippen molar-refractivity contribution in [1.82, 2.24) is 5.32 Å². The van der Waals surface area contributed by atoms with Crippen LogP contribution in [0.3, 0.4) is 0 Å². The number of nitrogens with one attached hydrogen (secondary N) is 1. The van der Waals surface area contributed by atoms with Gasteiger partial charge in [-0.25, -0.2) is 4.39 Å². The summed E-state index contributed by atoms with van der Waals surface area (Å²) < 4.78 is 14.4. The van der Waals surface area contributed by atoms with Crippen LogP contribution in [0.1, 0.15) is 52.0 Å². The summed E-state index contributed by atoms with van der Waals surface area (Å²) >= 11 is 3.41. The fourth-order valence-corrected chi connectivity index (χ4v) is 4.16. The van der Waals surface area contributed by atoms with Crippen molar-refractivity contribution in [3.05, 3.63) is 34.1 Å². The molecule has 1 fully saturated rings. The molecule has 0 amide bonds. The lowest BCUT2D eigenvalue weighted by Gasteiger charge is -2.35. The molecule has 1 aliphatic carbocycles. The number of halogens is 2. The first-order chi connectivity index (χ1) is 9.95. The van der Waals surface area contributed by atoms with Crippen molar-refractivity contribution in [2.45, 2.75) is 58.9 Å². The van der Waals surface area contributed by atoms with Crippen molar-refractivity contribution in [2.24, 2.45) is 11.3 Å². The van der Waals surface area contributed by atoms with Crippen LogP contribution in [0.2, 0.25) is 0 Å². The van der Waals surface area contributed by atoms with Crippen molar-refractivity contribution < 1.29 is 4.39 Å². The van der Waals surface area contributed by atoms with Crippen LogP contribution < -0.4 is 5.32 Å². The maximum Gasteiger partial charge on any atom is 0.137 e. The zero-order valence-corrected chi connectivity index (χ0v) is 15.0. The molecule has 1 aromatic carbocycles. The second-order valence-corrected chi connectivity index (χ2v) is 7.76. The first kappa shape index (κ1) is 17.0. The lowest BCUT2D eigenvalue weighted by atomic mass is 9.76. The average Bonchev–Trinajstić information content (AvgIpc) is 2.79. The minimum Gasteiger partial charge on any atom is -0.313 e. The van der Waals surface area contributed by atoms with Gasteiger partial charge in [-0.1, -0.05) is 39.3 Å². The van der Waals surface area contributed by atoms with Gasteiger partial charge in [0.1, 0.15) is 5.82 Å². The Morgan fingerprint density at radius 1 is 1.43 bits per heavy atom. The molecule has 1 saturated carbocycles. The first-order valence-electron chi connectivity index (χ1n) is 8.12. The summed E-state index contributed by atoms with van der Waals surface area (Å²) in [4.78, 5) is 0. The van der Waals surface area contributed by atoms with Crippen LogP contribution in [0.25, 0.3) is 0 Å². The van der Waals surface area contributed by atoms with Crippen LogP contribution in [-0.4, -0.2) is 12.6 Å². The van der Waals surface area contributed by atoms with E-state index in [0.29, 0.717) is 21.8 Å². The predicted molar refractivity (Wildman–Crippen MR) is 91.0 cm³/mol. The molecule has 2 unspecified atom stereocenters. The van der Waals surface area contributed by atoms with E-state index in [4.69, 9.17) is 0 Å². The van der Waals surface area contributed by atoms with Gasteiger partial charge in [-0.2, -0.15) is 0 Å². The fourth-order valence-electron chi connectivity index (χ4n) is 3.73. The third-order valence-corrected chi connectivity index (χ3v) is 5.84. The Kier molecular flexibility index (Phi) is 5.84. The Morgan fingerprint density at radius 3 is 2.81 bits per heavy atom. The zero-order valence-electron chi connectivity index (χ0n) is 13.4. The van der Waals surface area contributed by atoms with Gasteiger partial charge in [0.2, 0.25) is 0 Å². The van der Waals surface area contributed by atoms with Crippen LogP contribution in [0.5, 0.6) is 0 Å². The Hall–Kier alpha value is -0.410. The zero-order chi connectivity index (χ0) is 15.5. The summed E-state index contributed by atoms with van der Waals surface area (Å²) in [5.74, 6) is 0.506. The van der Waals surface area contributed by atoms with Crippen molar-refractivity contribution >= 4 is 15.9 Å². The Morgan fingerprint density at radius 2 is 2.19 bits per heavy atom. The molecule has 0 bridgehead atoms. The normalized spacial score (nSPS) is 22.4. The van der Waals surface area contributed by atoms with E-state index in [-0.39, 0.29) is 5.82 Å². The summed E-state index contributed by atoms with van der Waals surface area (Å²) in [6.07, 6.45) is 5.92. The van der Waals surface area contributed by atoms with Crippen LogP contribution in [0, 0.1) is 17.2 Å². The summed E-state index contributed by atoms with van der Waals surface area (Å²) in [6, 6.07) is 5.80. The van der Waals surface area contributed by atoms with E-state index in [0.717, 1.165) is 24.9 Å². The summed E-state index contributed by atoms with van der Waals surface area (Å²) in [7, 11) is 0. The Labute approximate surface area is 136 Å². The lowest BCUT2D eigenvalue weighted by molar-refractivity contribution is 0.195. The molecular formula is C18H27BrFN. The average molecular weight is 356 g/mol. The molecule has 1 N–H and O–H groups in total. The summed E-state index contributed by atoms with van der Waals surface area (Å²) in [5.41, 5.74) is 1.46. The Balaban J connectivity index is 2.18. The highest BCUT2D eigenvalue weighted by Gasteiger charge is 2.39. The van der Waals surface area contributed by atoms with Gasteiger partial charge in [-0.3, -0.25) is 0 Å². The van der Waals surface area contributed by atoms with Gasteiger partial charge >= 0.3 is 0 Å². The molecule has 3 heteroatoms. The molecule has 0 aliphatic heterocycles. The maximum absolute atomic E-state index is 13.7. The molecule has 2 atom stereocenters. The molecule has 0 spiro atoms. The highest BCUT2D eigenvalue weighted by atomic mass is 79.9. The lowest BCUT2D eigenvalue weighted by Crippen LogP contribution is -2.42. The third-order valence-electron chi connectivity index (χ3n) is 4.95. The van der Waals surface area contributed by atoms with Crippen LogP contribution in [0.4, 0.5) is 4.39 Å². The van der Waals surface area contributed by atoms with Gasteiger partial charge < -0.3 is 5.32 Å². The monoisotopic (exact) mass is 355 g/mol. The molecule has 0 radical (unpaired) electrons. The van der Waals surface area contributed by atoms with E-state index < -0.39 is 0 Å². The smallest absolute Gasteiger partial charge is 0.137 e. The van der Waals surface area contributed by atoms with Gasteiger partial charge in [0.05, 0.1) is 4.47 Å². The molecule has 0 aromatic heterocycles. The minimum atomic E-state index is -0.160. The largest absolute Gasteiger partial charge is 0.313 e. The highest BCUT2D eigenvalue weighted by molar-refractivity contribution is 9.10. The number of hydrogen-bond donors (Lipinski definition) is 1. The second kappa shape index (κ2) is 7.23. The molecule has 0 saturated heterocycles. The van der Waals surface area contributed by atoms with E-state index >= 15 is 0 Å². The van der Waals surface area contributed by atoms with Crippen LogP contribution in [0.15, 0.2) is 22.7 Å². The van der Waals surface area contributed by atoms with Crippen molar-refractivity contribution in [3.8, 4) is 0 Å². The van der Waals surface area contributed by atoms with Crippen molar-refractivity contribution in [1.29, 1.82) is 0 Å². The second-order valence-electron chi connectivity index (χ2n) is 6.96. The summed E-state index contributed by atoms with van der Waals surface area (Å²) in [5, 5.41) is 3.72. The van der Waals surface area contributed by atoms with E-state index in [9.17, 15) is 4.39 Å². The quantitative estimate of drug-likeness (QED) is 0.727. The SMILES string of the molecule is CCCNC(Cc1cccc(F)c1Br)C1CCCC1(C)C. The van der Waals surface area contributed by atoms with E-state index in [2.05, 4.69) is 42.0 Å². The molecule has 1 nitrogen and oxygen atoms in total. The molecule has 1 aromatic rings. The van der Waals surface area contributed by atoms with Gasteiger partial charge in [0.25, 0.3) is 0 Å². The topological polar surface area (TPSA) is 12.0 Å². The van der Waals surface area contributed by atoms with Gasteiger partial charge in [-0.15, -0.1) is 0 Å². The van der Waals surface area contributed by atoms with E-state index in [1.54, 1.807) is 0 Å². The van der Waals surface area contributed by atoms with Crippen LogP contribution >= 0.6 is 15.9 Å². The molecule has 118 valence electrons. The van der Waals surface area contributed by atoms with Crippen molar-refractivity contribution in [2.75, 3.05) is 6.54 Å². The number of benzene rings is 1. The number of hydrogen-bond acceptors (Lipinski definition) is 1. The van der Waals surface area contributed by atoms with Gasteiger partial charge in [-0.05, 0) is 71.1 Å². The molecule has 1 aliphatic rings. The van der Waals surface area contributed by atoms with Gasteiger partial charge in [0, 0.05) is 6.04 Å². The standard InChI is InChI=1S/C18H27BrFN/c1-4-11-21-16(14-8-6-10-18(14,2)3)12-13-7-5-9-15(20)17(13)19/h5,7,9,14,16,21H,4,6,8,10-12H2,1-3H3. The fraction of sp³-hybridized carbons (Fsp3) is 0.667. The Bertz CT molecular complexity index is 472.